The number of carbonyl (C=O) groups excluding carboxylic acids is 1. The van der Waals surface area contributed by atoms with Gasteiger partial charge in [0.05, 0.1) is 16.8 Å². The van der Waals surface area contributed by atoms with Gasteiger partial charge in [-0.2, -0.15) is 0 Å². The van der Waals surface area contributed by atoms with Crippen LogP contribution in [-0.4, -0.2) is 10.9 Å². The first-order valence-electron chi connectivity index (χ1n) is 6.77. The Morgan fingerprint density at radius 1 is 1.09 bits per heavy atom. The van der Waals surface area contributed by atoms with Gasteiger partial charge in [-0.05, 0) is 43.3 Å². The van der Waals surface area contributed by atoms with Gasteiger partial charge in [-0.3, -0.25) is 9.78 Å². The summed E-state index contributed by atoms with van der Waals surface area (Å²) < 4.78 is 26.1. The molecule has 0 saturated heterocycles. The molecule has 1 amide bonds. The first kappa shape index (κ1) is 15.4. The van der Waals surface area contributed by atoms with Crippen molar-refractivity contribution in [3.05, 3.63) is 70.4 Å². The molecule has 0 aliphatic rings. The molecular formula is C17H11ClF2N2O. The number of aryl methyl sites for hydroxylation is 1. The van der Waals surface area contributed by atoms with Gasteiger partial charge >= 0.3 is 0 Å². The van der Waals surface area contributed by atoms with Gasteiger partial charge in [0.2, 0.25) is 0 Å². The van der Waals surface area contributed by atoms with Crippen molar-refractivity contribution in [1.82, 2.24) is 4.98 Å². The van der Waals surface area contributed by atoms with Crippen molar-refractivity contribution in [3.8, 4) is 0 Å². The van der Waals surface area contributed by atoms with Crippen molar-refractivity contribution in [2.24, 2.45) is 0 Å². The highest BCUT2D eigenvalue weighted by molar-refractivity contribution is 6.31. The number of rotatable bonds is 2. The molecule has 0 unspecified atom stereocenters. The Balaban J connectivity index is 1.96. The quantitative estimate of drug-likeness (QED) is 0.737. The normalized spacial score (nSPS) is 10.8. The molecule has 6 heteroatoms. The zero-order chi connectivity index (χ0) is 16.6. The molecular weight excluding hydrogens is 322 g/mol. The minimum atomic E-state index is -1.03. The number of pyridine rings is 1. The van der Waals surface area contributed by atoms with E-state index >= 15 is 0 Å². The molecule has 0 saturated carbocycles. The van der Waals surface area contributed by atoms with E-state index in [9.17, 15) is 13.6 Å². The maximum Gasteiger partial charge on any atom is 0.257 e. The number of hydrogen-bond donors (Lipinski definition) is 1. The van der Waals surface area contributed by atoms with Crippen LogP contribution < -0.4 is 5.32 Å². The average Bonchev–Trinajstić information content (AvgIpc) is 2.50. The van der Waals surface area contributed by atoms with Crippen LogP contribution in [0.5, 0.6) is 0 Å². The molecule has 3 rings (SSSR count). The van der Waals surface area contributed by atoms with Crippen LogP contribution in [0.3, 0.4) is 0 Å². The fourth-order valence-electron chi connectivity index (χ4n) is 2.25. The molecule has 3 aromatic rings. The summed E-state index contributed by atoms with van der Waals surface area (Å²) in [6, 6.07) is 10.0. The molecule has 3 nitrogen and oxygen atoms in total. The van der Waals surface area contributed by atoms with Gasteiger partial charge in [0, 0.05) is 22.2 Å². The number of aromatic nitrogens is 1. The van der Waals surface area contributed by atoms with E-state index in [1.54, 1.807) is 31.2 Å². The Labute approximate surface area is 135 Å². The van der Waals surface area contributed by atoms with Crippen LogP contribution in [0.15, 0.2) is 42.5 Å². The number of carbonyl (C=O) groups is 1. The summed E-state index contributed by atoms with van der Waals surface area (Å²) in [7, 11) is 0. The van der Waals surface area contributed by atoms with Crippen molar-refractivity contribution in [1.29, 1.82) is 0 Å². The fourth-order valence-corrected chi connectivity index (χ4v) is 2.43. The topological polar surface area (TPSA) is 42.0 Å². The average molecular weight is 333 g/mol. The van der Waals surface area contributed by atoms with Crippen LogP contribution in [0.2, 0.25) is 5.02 Å². The Morgan fingerprint density at radius 3 is 2.61 bits per heavy atom. The minimum absolute atomic E-state index is 0.166. The smallest absolute Gasteiger partial charge is 0.257 e. The van der Waals surface area contributed by atoms with Gasteiger partial charge < -0.3 is 5.32 Å². The first-order valence-corrected chi connectivity index (χ1v) is 7.15. The lowest BCUT2D eigenvalue weighted by molar-refractivity contribution is 0.102. The van der Waals surface area contributed by atoms with Gasteiger partial charge in [0.25, 0.3) is 5.91 Å². The van der Waals surface area contributed by atoms with Crippen molar-refractivity contribution in [3.63, 3.8) is 0 Å². The number of fused-ring (bicyclic) bond motifs is 1. The van der Waals surface area contributed by atoms with Gasteiger partial charge in [0.1, 0.15) is 0 Å². The standard InChI is InChI=1S/C17H11ClF2N2O/c1-9-13(7-10-6-11(18)2-5-16(10)21-9)17(23)22-12-3-4-14(19)15(20)8-12/h2-8H,1H3,(H,22,23). The zero-order valence-corrected chi connectivity index (χ0v) is 12.8. The monoisotopic (exact) mass is 332 g/mol. The van der Waals surface area contributed by atoms with Crippen molar-refractivity contribution >= 4 is 34.1 Å². The summed E-state index contributed by atoms with van der Waals surface area (Å²) >= 11 is 5.95. The van der Waals surface area contributed by atoms with Gasteiger partial charge in [-0.25, -0.2) is 8.78 Å². The van der Waals surface area contributed by atoms with E-state index in [-0.39, 0.29) is 5.69 Å². The predicted molar refractivity (Wildman–Crippen MR) is 85.8 cm³/mol. The maximum absolute atomic E-state index is 13.2. The lowest BCUT2D eigenvalue weighted by Gasteiger charge is -2.09. The lowest BCUT2D eigenvalue weighted by atomic mass is 10.1. The first-order chi connectivity index (χ1) is 10.9. The molecule has 0 aliphatic heterocycles. The molecule has 0 bridgehead atoms. The van der Waals surface area contributed by atoms with E-state index in [1.807, 2.05) is 0 Å². The minimum Gasteiger partial charge on any atom is -0.322 e. The highest BCUT2D eigenvalue weighted by Gasteiger charge is 2.13. The fraction of sp³-hybridized carbons (Fsp3) is 0.0588. The van der Waals surface area contributed by atoms with Crippen LogP contribution in [-0.2, 0) is 0 Å². The zero-order valence-electron chi connectivity index (χ0n) is 12.0. The molecule has 1 N–H and O–H groups in total. The third kappa shape index (κ3) is 3.14. The lowest BCUT2D eigenvalue weighted by Crippen LogP contribution is -2.14. The summed E-state index contributed by atoms with van der Waals surface area (Å²) in [5, 5.41) is 3.79. The molecule has 116 valence electrons. The summed E-state index contributed by atoms with van der Waals surface area (Å²) in [5.74, 6) is -2.45. The molecule has 0 atom stereocenters. The predicted octanol–water partition coefficient (Wildman–Crippen LogP) is 4.73. The van der Waals surface area contributed by atoms with Crippen LogP contribution in [0.4, 0.5) is 14.5 Å². The molecule has 0 fully saturated rings. The van der Waals surface area contributed by atoms with E-state index in [0.29, 0.717) is 16.3 Å². The summed E-state index contributed by atoms with van der Waals surface area (Å²) in [5.41, 5.74) is 1.75. The Bertz CT molecular complexity index is 928. The van der Waals surface area contributed by atoms with E-state index in [2.05, 4.69) is 10.3 Å². The largest absolute Gasteiger partial charge is 0.322 e. The van der Waals surface area contributed by atoms with Gasteiger partial charge in [0.15, 0.2) is 11.6 Å². The van der Waals surface area contributed by atoms with Crippen LogP contribution in [0.25, 0.3) is 10.9 Å². The number of halogens is 3. The van der Waals surface area contributed by atoms with Gasteiger partial charge in [-0.1, -0.05) is 11.6 Å². The van der Waals surface area contributed by atoms with Gasteiger partial charge in [-0.15, -0.1) is 0 Å². The molecule has 2 aromatic carbocycles. The molecule has 23 heavy (non-hydrogen) atoms. The number of amides is 1. The van der Waals surface area contributed by atoms with Crippen LogP contribution in [0, 0.1) is 18.6 Å². The summed E-state index contributed by atoms with van der Waals surface area (Å²) in [6.45, 7) is 1.70. The van der Waals surface area contributed by atoms with Crippen molar-refractivity contribution in [2.75, 3.05) is 5.32 Å². The van der Waals surface area contributed by atoms with Crippen LogP contribution in [0.1, 0.15) is 16.1 Å². The number of hydrogen-bond acceptors (Lipinski definition) is 2. The Kier molecular flexibility index (Phi) is 3.96. The van der Waals surface area contributed by atoms with E-state index in [0.717, 1.165) is 23.0 Å². The molecule has 0 radical (unpaired) electrons. The SMILES string of the molecule is Cc1nc2ccc(Cl)cc2cc1C(=O)Nc1ccc(F)c(F)c1. The molecule has 0 spiro atoms. The highest BCUT2D eigenvalue weighted by atomic mass is 35.5. The third-order valence-corrected chi connectivity index (χ3v) is 3.62. The second kappa shape index (κ2) is 5.93. The Morgan fingerprint density at radius 2 is 1.87 bits per heavy atom. The van der Waals surface area contributed by atoms with Crippen molar-refractivity contribution < 1.29 is 13.6 Å². The number of anilines is 1. The van der Waals surface area contributed by atoms with Crippen molar-refractivity contribution in [2.45, 2.75) is 6.92 Å². The summed E-state index contributed by atoms with van der Waals surface area (Å²) in [4.78, 5) is 16.7. The maximum atomic E-state index is 13.2. The second-order valence-electron chi connectivity index (χ2n) is 5.04. The molecule has 0 aliphatic carbocycles. The highest BCUT2D eigenvalue weighted by Crippen LogP contribution is 2.22. The Hall–Kier alpha value is -2.53. The summed E-state index contributed by atoms with van der Waals surface area (Å²) in [6.07, 6.45) is 0. The van der Waals surface area contributed by atoms with E-state index in [1.165, 1.54) is 6.07 Å². The third-order valence-electron chi connectivity index (χ3n) is 3.39. The number of nitrogens with one attached hydrogen (secondary N) is 1. The molecule has 1 aromatic heterocycles. The molecule has 1 heterocycles. The van der Waals surface area contributed by atoms with E-state index < -0.39 is 17.5 Å². The second-order valence-corrected chi connectivity index (χ2v) is 5.48. The van der Waals surface area contributed by atoms with Crippen LogP contribution >= 0.6 is 11.6 Å². The number of benzene rings is 2. The number of nitrogens with zero attached hydrogens (tertiary/aromatic N) is 1. The van der Waals surface area contributed by atoms with E-state index in [4.69, 9.17) is 11.6 Å².